The van der Waals surface area contributed by atoms with E-state index in [4.69, 9.17) is 39.6 Å². The van der Waals surface area contributed by atoms with Gasteiger partial charge in [0.2, 0.25) is 0 Å². The topological polar surface area (TPSA) is 118 Å². The Labute approximate surface area is 287 Å². The van der Waals surface area contributed by atoms with Gasteiger partial charge in [-0.25, -0.2) is 4.99 Å². The summed E-state index contributed by atoms with van der Waals surface area (Å²) in [6.45, 7) is 1.11. The van der Waals surface area contributed by atoms with Gasteiger partial charge in [0.25, 0.3) is 0 Å². The molecular weight excluding hydrogens is 618 g/mol. The van der Waals surface area contributed by atoms with Crippen LogP contribution in [0.15, 0.2) is 77.8 Å². The van der Waals surface area contributed by atoms with Gasteiger partial charge in [-0.15, -0.1) is 0 Å². The van der Waals surface area contributed by atoms with E-state index < -0.39 is 0 Å². The summed E-state index contributed by atoms with van der Waals surface area (Å²) in [5, 5.41) is 12.6. The third kappa shape index (κ3) is 7.06. The lowest BCUT2D eigenvalue weighted by Gasteiger charge is -2.15. The molecule has 0 bridgehead atoms. The highest BCUT2D eigenvalue weighted by molar-refractivity contribution is 6.22. The van der Waals surface area contributed by atoms with Crippen LogP contribution in [0, 0.1) is 5.41 Å². The van der Waals surface area contributed by atoms with Crippen LogP contribution in [0.5, 0.6) is 34.5 Å². The third-order valence-corrected chi connectivity index (χ3v) is 8.99. The Morgan fingerprint density at radius 1 is 0.571 bits per heavy atom. The first kappa shape index (κ1) is 33.5. The highest BCUT2D eigenvalue weighted by atomic mass is 16.5. The minimum Gasteiger partial charge on any atom is -0.497 e. The molecule has 3 N–H and O–H groups in total. The lowest BCUT2D eigenvalue weighted by molar-refractivity contribution is 0.288. The number of ether oxygens (including phenoxy) is 6. The summed E-state index contributed by atoms with van der Waals surface area (Å²) in [5.41, 5.74) is 10.3. The fourth-order valence-electron chi connectivity index (χ4n) is 6.52. The highest BCUT2D eigenvalue weighted by Gasteiger charge is 2.25. The van der Waals surface area contributed by atoms with Gasteiger partial charge in [0.15, 0.2) is 28.8 Å². The van der Waals surface area contributed by atoms with Crippen LogP contribution in [0.25, 0.3) is 21.5 Å². The molecule has 0 aliphatic carbocycles. The van der Waals surface area contributed by atoms with Crippen LogP contribution in [0.1, 0.15) is 47.9 Å². The maximum absolute atomic E-state index is 8.57. The Balaban J connectivity index is 1.02. The van der Waals surface area contributed by atoms with E-state index in [9.17, 15) is 0 Å². The number of nitrogens with two attached hydrogens (primary N) is 1. The van der Waals surface area contributed by atoms with E-state index in [-0.39, 0.29) is 5.84 Å². The quantitative estimate of drug-likeness (QED) is 0.103. The molecule has 6 rings (SSSR count). The van der Waals surface area contributed by atoms with Gasteiger partial charge in [0.05, 0.1) is 41.7 Å². The monoisotopic (exact) mass is 661 g/mol. The summed E-state index contributed by atoms with van der Waals surface area (Å²) in [6, 6.07) is 24.0. The number of rotatable bonds is 16. The molecule has 9 heteroatoms. The molecule has 0 atom stereocenters. The summed E-state index contributed by atoms with van der Waals surface area (Å²) >= 11 is 0. The molecule has 0 saturated carbocycles. The van der Waals surface area contributed by atoms with E-state index in [0.717, 1.165) is 117 Å². The smallest absolute Gasteiger partial charge is 0.168 e. The van der Waals surface area contributed by atoms with Crippen LogP contribution in [0.4, 0.5) is 0 Å². The molecule has 0 amide bonds. The van der Waals surface area contributed by atoms with E-state index in [2.05, 4.69) is 17.1 Å². The van der Waals surface area contributed by atoms with Gasteiger partial charge in [0, 0.05) is 21.9 Å². The van der Waals surface area contributed by atoms with Gasteiger partial charge in [-0.2, -0.15) is 0 Å². The average molecular weight is 662 g/mol. The largest absolute Gasteiger partial charge is 0.497 e. The number of aryl methyl sites for hydroxylation is 2. The van der Waals surface area contributed by atoms with Crippen molar-refractivity contribution in [1.82, 2.24) is 0 Å². The molecule has 0 unspecified atom stereocenters. The highest BCUT2D eigenvalue weighted by Crippen LogP contribution is 2.38. The van der Waals surface area contributed by atoms with Crippen molar-refractivity contribution in [2.45, 2.75) is 38.5 Å². The summed E-state index contributed by atoms with van der Waals surface area (Å²) in [5.74, 6) is 5.14. The average Bonchev–Trinajstić information content (AvgIpc) is 3.44. The first-order valence-electron chi connectivity index (χ1n) is 16.6. The molecule has 1 aliphatic heterocycles. The van der Waals surface area contributed by atoms with Crippen LogP contribution in [0.3, 0.4) is 0 Å². The number of fused-ring (bicyclic) bond motifs is 3. The maximum atomic E-state index is 8.57. The fourth-order valence-corrected chi connectivity index (χ4v) is 6.52. The molecule has 5 aromatic carbocycles. The van der Waals surface area contributed by atoms with E-state index in [0.29, 0.717) is 19.0 Å². The predicted molar refractivity (Wildman–Crippen MR) is 195 cm³/mol. The molecule has 49 heavy (non-hydrogen) atoms. The molecule has 9 nitrogen and oxygen atoms in total. The number of methoxy groups -OCH3 is 4. The minimum atomic E-state index is 0.238. The molecule has 254 valence electrons. The standard InChI is InChI=1S/C40H43N3O6/c1-44-29-15-17-31-27(23-29)13-19-33(37(31)46-3)48-21-7-5-9-25-11-12-26(36-35(25)39(41)43-40(36)42)10-6-8-22-49-34-20-14-28-24-30(45-2)16-18-32(28)38(34)47-4/h11-20,23-24H,5-10,21-22H2,1-4H3,(H3,41,42,43). The lowest BCUT2D eigenvalue weighted by Crippen LogP contribution is -2.15. The number of nitrogens with zero attached hydrogens (tertiary/aromatic N) is 1. The van der Waals surface area contributed by atoms with Crippen molar-refractivity contribution in [3.8, 4) is 34.5 Å². The Morgan fingerprint density at radius 2 is 1.06 bits per heavy atom. The number of amidine groups is 2. The van der Waals surface area contributed by atoms with Crippen molar-refractivity contribution >= 4 is 33.2 Å². The molecule has 1 aliphatic rings. The lowest BCUT2D eigenvalue weighted by atomic mass is 9.91. The zero-order chi connectivity index (χ0) is 34.3. The first-order valence-corrected chi connectivity index (χ1v) is 16.6. The first-order chi connectivity index (χ1) is 23.9. The second-order valence-corrected chi connectivity index (χ2v) is 12.0. The maximum Gasteiger partial charge on any atom is 0.168 e. The fraction of sp³-hybridized carbons (Fsp3) is 0.300. The van der Waals surface area contributed by atoms with Crippen molar-refractivity contribution in [3.63, 3.8) is 0 Å². The summed E-state index contributed by atoms with van der Waals surface area (Å²) < 4.78 is 34.4. The van der Waals surface area contributed by atoms with Crippen LogP contribution >= 0.6 is 0 Å². The van der Waals surface area contributed by atoms with Gasteiger partial charge >= 0.3 is 0 Å². The van der Waals surface area contributed by atoms with Crippen LogP contribution in [-0.2, 0) is 12.8 Å². The molecular formula is C40H43N3O6. The van der Waals surface area contributed by atoms with Gasteiger partial charge in [-0.3, -0.25) is 5.41 Å². The number of aliphatic imine (C=N–C) groups is 1. The van der Waals surface area contributed by atoms with Crippen molar-refractivity contribution in [2.24, 2.45) is 10.7 Å². The van der Waals surface area contributed by atoms with Crippen LogP contribution in [-0.4, -0.2) is 53.3 Å². The van der Waals surface area contributed by atoms with E-state index in [1.807, 2.05) is 60.7 Å². The van der Waals surface area contributed by atoms with E-state index in [1.54, 1.807) is 28.4 Å². The summed E-state index contributed by atoms with van der Waals surface area (Å²) in [7, 11) is 6.64. The normalized spacial score (nSPS) is 12.2. The van der Waals surface area contributed by atoms with Gasteiger partial charge in [-0.1, -0.05) is 24.3 Å². The predicted octanol–water partition coefficient (Wildman–Crippen LogP) is 7.88. The van der Waals surface area contributed by atoms with Crippen molar-refractivity contribution in [2.75, 3.05) is 41.7 Å². The SMILES string of the molecule is COc1ccc2c(OC)c(OCCCCc3ccc(CCCCOc4ccc5cc(OC)ccc5c4OC)c4c3C(=N)N=C4N)ccc2c1. The van der Waals surface area contributed by atoms with Gasteiger partial charge in [-0.05, 0) is 109 Å². The second-order valence-electron chi connectivity index (χ2n) is 12.0. The van der Waals surface area contributed by atoms with Crippen molar-refractivity contribution in [3.05, 3.63) is 95.1 Å². The number of benzene rings is 5. The molecule has 0 aromatic heterocycles. The zero-order valence-electron chi connectivity index (χ0n) is 28.6. The Hall–Kier alpha value is -5.44. The molecule has 0 saturated heterocycles. The molecule has 0 spiro atoms. The van der Waals surface area contributed by atoms with E-state index >= 15 is 0 Å². The van der Waals surface area contributed by atoms with Crippen molar-refractivity contribution in [1.29, 1.82) is 5.41 Å². The Kier molecular flexibility index (Phi) is 10.4. The third-order valence-electron chi connectivity index (χ3n) is 8.99. The number of hydrogen-bond donors (Lipinski definition) is 2. The van der Waals surface area contributed by atoms with Crippen LogP contribution in [0.2, 0.25) is 0 Å². The molecule has 1 heterocycles. The van der Waals surface area contributed by atoms with Crippen molar-refractivity contribution < 1.29 is 28.4 Å². The summed E-state index contributed by atoms with van der Waals surface area (Å²) in [4.78, 5) is 4.34. The molecule has 5 aromatic rings. The number of hydrogen-bond acceptors (Lipinski definition) is 8. The Morgan fingerprint density at radius 3 is 1.53 bits per heavy atom. The van der Waals surface area contributed by atoms with Crippen LogP contribution < -0.4 is 34.2 Å². The zero-order valence-corrected chi connectivity index (χ0v) is 28.6. The molecule has 0 radical (unpaired) electrons. The molecule has 0 fully saturated rings. The van der Waals surface area contributed by atoms with E-state index in [1.165, 1.54) is 0 Å². The second kappa shape index (κ2) is 15.2. The van der Waals surface area contributed by atoms with Gasteiger partial charge < -0.3 is 34.2 Å². The Bertz CT molecular complexity index is 2020. The number of unbranched alkanes of at least 4 members (excludes halogenated alkanes) is 2. The summed E-state index contributed by atoms with van der Waals surface area (Å²) in [6.07, 6.45) is 5.13. The number of nitrogens with one attached hydrogen (secondary N) is 1. The van der Waals surface area contributed by atoms with Gasteiger partial charge in [0.1, 0.15) is 17.3 Å². The minimum absolute atomic E-state index is 0.238.